The Morgan fingerprint density at radius 3 is 2.71 bits per heavy atom. The summed E-state index contributed by atoms with van der Waals surface area (Å²) in [4.78, 5) is 18.8. The number of carbonyl (C=O) groups is 1. The minimum Gasteiger partial charge on any atom is -0.477 e. The van der Waals surface area contributed by atoms with E-state index in [9.17, 15) is 4.79 Å². The molecule has 0 unspecified atom stereocenters. The van der Waals surface area contributed by atoms with E-state index >= 15 is 0 Å². The van der Waals surface area contributed by atoms with Crippen LogP contribution in [0.5, 0.6) is 0 Å². The Labute approximate surface area is 105 Å². The van der Waals surface area contributed by atoms with Gasteiger partial charge in [-0.05, 0) is 12.1 Å². The highest BCUT2D eigenvalue weighted by atomic mass is 79.9. The average molecular weight is 294 g/mol. The summed E-state index contributed by atoms with van der Waals surface area (Å²) in [6.45, 7) is 0. The highest BCUT2D eigenvalue weighted by molar-refractivity contribution is 9.10. The topological polar surface area (TPSA) is 89.1 Å². The maximum Gasteiger partial charge on any atom is 0.354 e. The molecule has 0 atom stereocenters. The maximum atomic E-state index is 10.8. The number of hydrogen-bond acceptors (Lipinski definition) is 4. The van der Waals surface area contributed by atoms with Gasteiger partial charge in [-0.1, -0.05) is 28.1 Å². The van der Waals surface area contributed by atoms with Crippen molar-refractivity contribution in [3.05, 3.63) is 40.5 Å². The van der Waals surface area contributed by atoms with Gasteiger partial charge in [0.2, 0.25) is 0 Å². The largest absolute Gasteiger partial charge is 0.477 e. The van der Waals surface area contributed by atoms with Crippen LogP contribution in [0.1, 0.15) is 10.5 Å². The second kappa shape index (κ2) is 4.50. The molecule has 3 N–H and O–H groups in total. The van der Waals surface area contributed by atoms with E-state index < -0.39 is 5.97 Å². The third-order valence-electron chi connectivity index (χ3n) is 2.05. The number of hydrogen-bond donors (Lipinski definition) is 2. The van der Waals surface area contributed by atoms with Gasteiger partial charge in [0.1, 0.15) is 5.82 Å². The first-order valence-corrected chi connectivity index (χ1v) is 5.49. The smallest absolute Gasteiger partial charge is 0.354 e. The minimum atomic E-state index is -1.13. The van der Waals surface area contributed by atoms with Gasteiger partial charge in [-0.2, -0.15) is 0 Å². The second-order valence-electron chi connectivity index (χ2n) is 3.32. The van der Waals surface area contributed by atoms with Crippen LogP contribution in [0.2, 0.25) is 0 Å². The lowest BCUT2D eigenvalue weighted by molar-refractivity contribution is 0.0690. The van der Waals surface area contributed by atoms with Crippen LogP contribution >= 0.6 is 15.9 Å². The SMILES string of the molecule is Nc1cc(C(=O)O)nc(-c2cccc(Br)c2)n1. The minimum absolute atomic E-state index is 0.118. The molecule has 0 aliphatic rings. The van der Waals surface area contributed by atoms with Crippen LogP contribution in [0.15, 0.2) is 34.8 Å². The molecular weight excluding hydrogens is 286 g/mol. The van der Waals surface area contributed by atoms with E-state index in [1.54, 1.807) is 12.1 Å². The maximum absolute atomic E-state index is 10.8. The predicted octanol–water partition coefficient (Wildman–Crippen LogP) is 2.19. The molecule has 2 aromatic rings. The van der Waals surface area contributed by atoms with E-state index in [-0.39, 0.29) is 11.5 Å². The van der Waals surface area contributed by atoms with E-state index in [0.717, 1.165) is 4.47 Å². The summed E-state index contributed by atoms with van der Waals surface area (Å²) in [7, 11) is 0. The third-order valence-corrected chi connectivity index (χ3v) is 2.54. The Morgan fingerprint density at radius 2 is 2.06 bits per heavy atom. The summed E-state index contributed by atoms with van der Waals surface area (Å²) < 4.78 is 0.859. The first-order valence-electron chi connectivity index (χ1n) is 4.70. The van der Waals surface area contributed by atoms with Crippen LogP contribution in [0, 0.1) is 0 Å². The number of aromatic carboxylic acids is 1. The molecule has 17 heavy (non-hydrogen) atoms. The van der Waals surface area contributed by atoms with Crippen LogP contribution in [-0.2, 0) is 0 Å². The molecule has 0 amide bonds. The van der Waals surface area contributed by atoms with Gasteiger partial charge in [-0.3, -0.25) is 0 Å². The first kappa shape index (κ1) is 11.5. The highest BCUT2D eigenvalue weighted by Gasteiger charge is 2.10. The molecule has 0 bridgehead atoms. The Morgan fingerprint density at radius 1 is 1.29 bits per heavy atom. The molecular formula is C11H8BrN3O2. The van der Waals surface area contributed by atoms with Crippen LogP contribution < -0.4 is 5.73 Å². The van der Waals surface area contributed by atoms with E-state index in [1.807, 2.05) is 12.1 Å². The molecule has 0 fully saturated rings. The van der Waals surface area contributed by atoms with Crippen molar-refractivity contribution in [3.63, 3.8) is 0 Å². The Hall–Kier alpha value is -1.95. The molecule has 1 aromatic heterocycles. The van der Waals surface area contributed by atoms with Gasteiger partial charge in [-0.25, -0.2) is 14.8 Å². The van der Waals surface area contributed by atoms with E-state index in [0.29, 0.717) is 11.4 Å². The van der Waals surface area contributed by atoms with Crippen molar-refractivity contribution in [1.82, 2.24) is 9.97 Å². The van der Waals surface area contributed by atoms with Crippen molar-refractivity contribution in [1.29, 1.82) is 0 Å². The molecule has 2 rings (SSSR count). The van der Waals surface area contributed by atoms with Gasteiger partial charge < -0.3 is 10.8 Å². The number of carboxylic acid groups (broad SMARTS) is 1. The number of aromatic nitrogens is 2. The standard InChI is InChI=1S/C11H8BrN3O2/c12-7-3-1-2-6(4-7)10-14-8(11(16)17)5-9(13)15-10/h1-5H,(H,16,17)(H2,13,14,15). The number of nitrogens with two attached hydrogens (primary N) is 1. The molecule has 0 saturated carbocycles. The average Bonchev–Trinajstić information content (AvgIpc) is 2.28. The van der Waals surface area contributed by atoms with Gasteiger partial charge in [0, 0.05) is 16.1 Å². The second-order valence-corrected chi connectivity index (χ2v) is 4.23. The molecule has 1 heterocycles. The number of benzene rings is 1. The molecule has 1 aromatic carbocycles. The van der Waals surface area contributed by atoms with E-state index in [2.05, 4.69) is 25.9 Å². The highest BCUT2D eigenvalue weighted by Crippen LogP contribution is 2.20. The van der Waals surface area contributed by atoms with Crippen LogP contribution in [-0.4, -0.2) is 21.0 Å². The normalized spacial score (nSPS) is 10.2. The van der Waals surface area contributed by atoms with Crippen LogP contribution in [0.25, 0.3) is 11.4 Å². The summed E-state index contributed by atoms with van der Waals surface area (Å²) in [6, 6.07) is 8.47. The van der Waals surface area contributed by atoms with Crippen molar-refractivity contribution in [2.45, 2.75) is 0 Å². The van der Waals surface area contributed by atoms with E-state index in [4.69, 9.17) is 10.8 Å². The Bertz CT molecular complexity index is 587. The number of anilines is 1. The summed E-state index contributed by atoms with van der Waals surface area (Å²) in [5.74, 6) is -0.702. The number of nitrogens with zero attached hydrogens (tertiary/aromatic N) is 2. The lowest BCUT2D eigenvalue weighted by Gasteiger charge is -2.03. The molecule has 6 heteroatoms. The summed E-state index contributed by atoms with van der Waals surface area (Å²) in [5.41, 5.74) is 6.13. The van der Waals surface area contributed by atoms with Crippen molar-refractivity contribution in [2.24, 2.45) is 0 Å². The summed E-state index contributed by atoms with van der Waals surface area (Å²) in [5, 5.41) is 8.88. The molecule has 0 spiro atoms. The molecule has 5 nitrogen and oxygen atoms in total. The van der Waals surface area contributed by atoms with Gasteiger partial charge in [0.15, 0.2) is 11.5 Å². The molecule has 0 radical (unpaired) electrons. The zero-order valence-electron chi connectivity index (χ0n) is 8.59. The third kappa shape index (κ3) is 2.59. The molecule has 0 aliphatic heterocycles. The zero-order valence-corrected chi connectivity index (χ0v) is 10.2. The van der Waals surface area contributed by atoms with Crippen LogP contribution in [0.3, 0.4) is 0 Å². The van der Waals surface area contributed by atoms with Crippen molar-refractivity contribution >= 4 is 27.7 Å². The zero-order chi connectivity index (χ0) is 12.4. The number of rotatable bonds is 2. The molecule has 86 valence electrons. The molecule has 0 saturated heterocycles. The number of nitrogen functional groups attached to an aromatic ring is 1. The quantitative estimate of drug-likeness (QED) is 0.886. The van der Waals surface area contributed by atoms with Crippen molar-refractivity contribution in [3.8, 4) is 11.4 Å². The van der Waals surface area contributed by atoms with E-state index in [1.165, 1.54) is 6.07 Å². The first-order chi connectivity index (χ1) is 8.06. The lowest BCUT2D eigenvalue weighted by atomic mass is 10.2. The number of halogens is 1. The predicted molar refractivity (Wildman–Crippen MR) is 66.5 cm³/mol. The van der Waals surface area contributed by atoms with Gasteiger partial charge >= 0.3 is 5.97 Å². The molecule has 0 aliphatic carbocycles. The Kier molecular flexibility index (Phi) is 3.06. The van der Waals surface area contributed by atoms with Gasteiger partial charge in [0.05, 0.1) is 0 Å². The fourth-order valence-electron chi connectivity index (χ4n) is 1.33. The van der Waals surface area contributed by atoms with Crippen molar-refractivity contribution < 1.29 is 9.90 Å². The monoisotopic (exact) mass is 293 g/mol. The van der Waals surface area contributed by atoms with Gasteiger partial charge in [0.25, 0.3) is 0 Å². The van der Waals surface area contributed by atoms with Crippen molar-refractivity contribution in [2.75, 3.05) is 5.73 Å². The number of carboxylic acids is 1. The lowest BCUT2D eigenvalue weighted by Crippen LogP contribution is -2.05. The van der Waals surface area contributed by atoms with Crippen LogP contribution in [0.4, 0.5) is 5.82 Å². The fraction of sp³-hybridized carbons (Fsp3) is 0. The summed E-state index contributed by atoms with van der Waals surface area (Å²) in [6.07, 6.45) is 0. The van der Waals surface area contributed by atoms with Gasteiger partial charge in [-0.15, -0.1) is 0 Å². The summed E-state index contributed by atoms with van der Waals surface area (Å²) >= 11 is 3.32. The fourth-order valence-corrected chi connectivity index (χ4v) is 1.73. The Balaban J connectivity index is 2.56.